The zero-order chi connectivity index (χ0) is 16.1. The topological polar surface area (TPSA) is 69.0 Å². The molecule has 5 nitrogen and oxygen atoms in total. The number of rotatable bonds is 2. The first-order valence-electron chi connectivity index (χ1n) is 7.05. The van der Waals surface area contributed by atoms with Gasteiger partial charge in [0.05, 0.1) is 16.8 Å². The number of nitrogens with one attached hydrogen (secondary N) is 2. The van der Waals surface area contributed by atoms with Crippen LogP contribution in [0.3, 0.4) is 0 Å². The minimum atomic E-state index is -0.295. The highest BCUT2D eigenvalue weighted by atomic mass is 79.9. The van der Waals surface area contributed by atoms with Crippen molar-refractivity contribution in [2.75, 3.05) is 7.05 Å². The van der Waals surface area contributed by atoms with Crippen LogP contribution in [0.4, 0.5) is 0 Å². The number of fused-ring (bicyclic) bond motifs is 1. The summed E-state index contributed by atoms with van der Waals surface area (Å²) in [6.45, 7) is 0. The molecule has 3 heterocycles. The Morgan fingerprint density at radius 1 is 1.04 bits per heavy atom. The molecule has 0 unspecified atom stereocenters. The highest BCUT2D eigenvalue weighted by Crippen LogP contribution is 2.37. The van der Waals surface area contributed by atoms with Crippen LogP contribution in [0.1, 0.15) is 11.3 Å². The number of hydrogen-bond donors (Lipinski definition) is 2. The number of carbonyl (C=O) groups is 2. The summed E-state index contributed by atoms with van der Waals surface area (Å²) in [6, 6.07) is 9.40. The number of hydrogen-bond acceptors (Lipinski definition) is 2. The number of aromatic amines is 2. The van der Waals surface area contributed by atoms with Crippen molar-refractivity contribution < 1.29 is 9.59 Å². The van der Waals surface area contributed by atoms with Crippen molar-refractivity contribution in [1.29, 1.82) is 0 Å². The first-order chi connectivity index (χ1) is 11.1. The number of aromatic nitrogens is 2. The second kappa shape index (κ2) is 4.96. The first-order valence-corrected chi connectivity index (χ1v) is 7.84. The molecule has 0 bridgehead atoms. The van der Waals surface area contributed by atoms with Gasteiger partial charge in [0.15, 0.2) is 0 Å². The van der Waals surface area contributed by atoms with Crippen molar-refractivity contribution in [3.8, 4) is 0 Å². The van der Waals surface area contributed by atoms with E-state index in [4.69, 9.17) is 0 Å². The molecule has 0 saturated heterocycles. The van der Waals surface area contributed by atoms with Crippen LogP contribution in [0.25, 0.3) is 22.0 Å². The summed E-state index contributed by atoms with van der Waals surface area (Å²) in [5, 5.41) is 0.898. The van der Waals surface area contributed by atoms with Crippen LogP contribution in [0.2, 0.25) is 0 Å². The maximum atomic E-state index is 12.7. The molecule has 1 aliphatic rings. The summed E-state index contributed by atoms with van der Waals surface area (Å²) in [5.41, 5.74) is 3.12. The van der Waals surface area contributed by atoms with Gasteiger partial charge in [-0.05, 0) is 30.3 Å². The molecule has 0 aliphatic carbocycles. The summed E-state index contributed by atoms with van der Waals surface area (Å²) in [7, 11) is 1.51. The minimum Gasteiger partial charge on any atom is -0.361 e. The summed E-state index contributed by atoms with van der Waals surface area (Å²) >= 11 is 3.45. The Balaban J connectivity index is 2.05. The van der Waals surface area contributed by atoms with Gasteiger partial charge >= 0.3 is 0 Å². The number of imide groups is 1. The van der Waals surface area contributed by atoms with Gasteiger partial charge in [-0.25, -0.2) is 0 Å². The van der Waals surface area contributed by atoms with Gasteiger partial charge in [0.25, 0.3) is 11.8 Å². The summed E-state index contributed by atoms with van der Waals surface area (Å²) in [6.07, 6.45) is 3.52. The fourth-order valence-corrected chi connectivity index (χ4v) is 3.29. The summed E-state index contributed by atoms with van der Waals surface area (Å²) in [5.74, 6) is -0.586. The Morgan fingerprint density at radius 3 is 2.57 bits per heavy atom. The van der Waals surface area contributed by atoms with E-state index in [1.54, 1.807) is 18.5 Å². The lowest BCUT2D eigenvalue weighted by molar-refractivity contribution is -0.134. The zero-order valence-corrected chi connectivity index (χ0v) is 13.8. The maximum absolute atomic E-state index is 12.7. The van der Waals surface area contributed by atoms with Crippen LogP contribution in [-0.2, 0) is 9.59 Å². The van der Waals surface area contributed by atoms with E-state index >= 15 is 0 Å². The van der Waals surface area contributed by atoms with Crippen molar-refractivity contribution in [3.05, 3.63) is 58.5 Å². The molecule has 0 spiro atoms. The third kappa shape index (κ3) is 1.98. The van der Waals surface area contributed by atoms with Gasteiger partial charge in [0.1, 0.15) is 0 Å². The monoisotopic (exact) mass is 369 g/mol. The lowest BCUT2D eigenvalue weighted by Gasteiger charge is -2.06. The first kappa shape index (κ1) is 14.0. The molecule has 6 heteroatoms. The van der Waals surface area contributed by atoms with Crippen LogP contribution >= 0.6 is 15.9 Å². The zero-order valence-electron chi connectivity index (χ0n) is 12.2. The number of halogens is 1. The van der Waals surface area contributed by atoms with E-state index in [9.17, 15) is 9.59 Å². The Bertz CT molecular complexity index is 983. The Kier molecular flexibility index (Phi) is 3.02. The van der Waals surface area contributed by atoms with Gasteiger partial charge in [-0.1, -0.05) is 15.9 Å². The molecule has 0 atom stereocenters. The SMILES string of the molecule is CN1C(=O)C(c2ccc[nH]2)=C(c2c[nH]c3ccc(Br)cc23)C1=O. The van der Waals surface area contributed by atoms with Gasteiger partial charge in [0.2, 0.25) is 0 Å². The standard InChI is InChI=1S/C17H12BrN3O2/c1-21-16(22)14(15(17(21)23)13-3-2-6-19-13)11-8-20-12-5-4-9(18)7-10(11)12/h2-8,19-20H,1H3. The largest absolute Gasteiger partial charge is 0.361 e. The molecule has 0 fully saturated rings. The van der Waals surface area contributed by atoms with Crippen LogP contribution < -0.4 is 0 Å². The van der Waals surface area contributed by atoms with E-state index in [-0.39, 0.29) is 11.8 Å². The van der Waals surface area contributed by atoms with Crippen LogP contribution in [0.5, 0.6) is 0 Å². The normalized spacial score (nSPS) is 15.3. The van der Waals surface area contributed by atoms with Gasteiger partial charge in [-0.2, -0.15) is 0 Å². The van der Waals surface area contributed by atoms with Crippen LogP contribution in [0, 0.1) is 0 Å². The number of benzene rings is 1. The number of carbonyl (C=O) groups excluding carboxylic acids is 2. The summed E-state index contributed by atoms with van der Waals surface area (Å²) < 4.78 is 0.915. The highest BCUT2D eigenvalue weighted by Gasteiger charge is 2.38. The average Bonchev–Trinajstić information content (AvgIpc) is 3.23. The van der Waals surface area contributed by atoms with Gasteiger partial charge in [-0.3, -0.25) is 14.5 Å². The van der Waals surface area contributed by atoms with Crippen LogP contribution in [-0.4, -0.2) is 33.7 Å². The van der Waals surface area contributed by atoms with Crippen molar-refractivity contribution in [1.82, 2.24) is 14.9 Å². The quantitative estimate of drug-likeness (QED) is 0.681. The molecule has 23 heavy (non-hydrogen) atoms. The molecular weight excluding hydrogens is 358 g/mol. The van der Waals surface area contributed by atoms with E-state index in [2.05, 4.69) is 25.9 Å². The second-order valence-electron chi connectivity index (χ2n) is 5.40. The van der Waals surface area contributed by atoms with Crippen molar-refractivity contribution in [2.24, 2.45) is 0 Å². The molecule has 1 aromatic carbocycles. The number of amides is 2. The number of H-pyrrole nitrogens is 2. The van der Waals surface area contributed by atoms with Gasteiger partial charge < -0.3 is 9.97 Å². The van der Waals surface area contributed by atoms with E-state index in [1.165, 1.54) is 7.05 Å². The lowest BCUT2D eigenvalue weighted by Crippen LogP contribution is -2.26. The Morgan fingerprint density at radius 2 is 1.83 bits per heavy atom. The minimum absolute atomic E-state index is 0.291. The van der Waals surface area contributed by atoms with Crippen molar-refractivity contribution >= 4 is 49.8 Å². The predicted octanol–water partition coefficient (Wildman–Crippen LogP) is 3.17. The third-order valence-corrected chi connectivity index (χ3v) is 4.56. The number of likely N-dealkylation sites (N-methyl/N-ethyl adjacent to an activating group) is 1. The van der Waals surface area contributed by atoms with E-state index in [1.807, 2.05) is 24.3 Å². The Labute approximate surface area is 140 Å². The lowest BCUT2D eigenvalue weighted by atomic mass is 9.99. The van der Waals surface area contributed by atoms with Gasteiger partial charge in [-0.15, -0.1) is 0 Å². The smallest absolute Gasteiger partial charge is 0.263 e. The molecule has 1 aliphatic heterocycles. The molecule has 2 aromatic heterocycles. The fraction of sp³-hybridized carbons (Fsp3) is 0.0588. The third-order valence-electron chi connectivity index (χ3n) is 4.07. The molecular formula is C17H12BrN3O2. The highest BCUT2D eigenvalue weighted by molar-refractivity contribution is 9.10. The Hall–Kier alpha value is -2.60. The van der Waals surface area contributed by atoms with Gasteiger partial charge in [0, 0.05) is 40.4 Å². The van der Waals surface area contributed by atoms with E-state index < -0.39 is 0 Å². The summed E-state index contributed by atoms with van der Waals surface area (Å²) in [4.78, 5) is 32.5. The molecule has 3 aromatic rings. The van der Waals surface area contributed by atoms with E-state index in [0.717, 1.165) is 25.8 Å². The maximum Gasteiger partial charge on any atom is 0.263 e. The molecule has 114 valence electrons. The molecule has 0 radical (unpaired) electrons. The fourth-order valence-electron chi connectivity index (χ4n) is 2.93. The second-order valence-corrected chi connectivity index (χ2v) is 6.31. The number of nitrogens with zero attached hydrogens (tertiary/aromatic N) is 1. The molecule has 2 amide bonds. The van der Waals surface area contributed by atoms with Crippen LogP contribution in [0.15, 0.2) is 47.2 Å². The van der Waals surface area contributed by atoms with E-state index in [0.29, 0.717) is 16.8 Å². The predicted molar refractivity (Wildman–Crippen MR) is 91.4 cm³/mol. The molecule has 2 N–H and O–H groups in total. The molecule has 0 saturated carbocycles. The average molecular weight is 370 g/mol. The van der Waals surface area contributed by atoms with Crippen molar-refractivity contribution in [2.45, 2.75) is 0 Å². The van der Waals surface area contributed by atoms with Crippen molar-refractivity contribution in [3.63, 3.8) is 0 Å². The molecule has 4 rings (SSSR count).